The van der Waals surface area contributed by atoms with Crippen molar-refractivity contribution >= 4 is 73.7 Å². The molecule has 18 heteroatoms. The monoisotopic (exact) mass is 643 g/mol. The number of nitrogens with zero attached hydrogens (tertiary/aromatic N) is 5. The molecule has 0 unspecified atom stereocenters. The van der Waals surface area contributed by atoms with E-state index < -0.39 is 64.7 Å². The topological polar surface area (TPSA) is 150 Å². The van der Waals surface area contributed by atoms with E-state index in [1.165, 1.54) is 29.1 Å². The number of fused-ring (bicyclic) bond motifs is 1. The zero-order valence-electron chi connectivity index (χ0n) is 20.9. The predicted octanol–water partition coefficient (Wildman–Crippen LogP) is 3.86. The lowest BCUT2D eigenvalue weighted by Crippen LogP contribution is -2.45. The lowest BCUT2D eigenvalue weighted by Gasteiger charge is -2.19. The second-order valence-electron chi connectivity index (χ2n) is 9.02. The van der Waals surface area contributed by atoms with Crippen molar-refractivity contribution in [1.29, 1.82) is 0 Å². The summed E-state index contributed by atoms with van der Waals surface area (Å²) < 4.78 is 66.8. The third kappa shape index (κ3) is 5.41. The molecule has 1 N–H and O–H groups in total. The van der Waals surface area contributed by atoms with Crippen LogP contribution in [-0.2, 0) is 32.5 Å². The van der Waals surface area contributed by atoms with Gasteiger partial charge in [0.2, 0.25) is 0 Å². The Morgan fingerprint density at radius 3 is 2.48 bits per heavy atom. The number of hydrogen-bond acceptors (Lipinski definition) is 8. The largest absolute Gasteiger partial charge is 0.464 e. The highest BCUT2D eigenvalue weighted by atomic mass is 35.5. The van der Waals surface area contributed by atoms with Gasteiger partial charge in [-0.15, -0.1) is 0 Å². The molecule has 0 atom stereocenters. The smallest absolute Gasteiger partial charge is 0.422 e. The molecule has 0 spiro atoms. The van der Waals surface area contributed by atoms with Gasteiger partial charge < -0.3 is 5.11 Å². The molecule has 12 nitrogen and oxygen atoms in total. The Hall–Kier alpha value is -4.09. The molecule has 42 heavy (non-hydrogen) atoms. The van der Waals surface area contributed by atoms with E-state index >= 15 is 0 Å². The SMILES string of the molecule is O=C1SC(=Cc2ccc3c(cnn3Cc3ccc(Cl)cc3C(F)(F)F)c2)C(=O)N1CC(=O)N1CCN(C(=O)O)S1(=O)=O. The van der Waals surface area contributed by atoms with Crippen LogP contribution in [0.15, 0.2) is 47.5 Å². The van der Waals surface area contributed by atoms with Crippen LogP contribution in [-0.4, -0.2) is 79.6 Å². The molecule has 0 bridgehead atoms. The van der Waals surface area contributed by atoms with Crippen LogP contribution in [0.2, 0.25) is 5.02 Å². The van der Waals surface area contributed by atoms with Gasteiger partial charge in [-0.2, -0.15) is 31.0 Å². The number of halogens is 4. The first-order valence-corrected chi connectivity index (χ1v) is 14.4. The Kier molecular flexibility index (Phi) is 7.44. The van der Waals surface area contributed by atoms with Crippen LogP contribution >= 0.6 is 23.4 Å². The molecule has 220 valence electrons. The Morgan fingerprint density at radius 1 is 1.10 bits per heavy atom. The molecule has 5 rings (SSSR count). The molecular formula is C24H17ClF3N5O7S2. The fourth-order valence-corrected chi connectivity index (χ4v) is 6.80. The second kappa shape index (κ2) is 10.6. The van der Waals surface area contributed by atoms with Gasteiger partial charge >= 0.3 is 22.5 Å². The summed E-state index contributed by atoms with van der Waals surface area (Å²) in [6, 6.07) is 8.21. The third-order valence-electron chi connectivity index (χ3n) is 6.38. The summed E-state index contributed by atoms with van der Waals surface area (Å²) in [5, 5.41) is 12.8. The lowest BCUT2D eigenvalue weighted by atomic mass is 10.1. The number of carbonyl (C=O) groups is 4. The number of aromatic nitrogens is 2. The van der Waals surface area contributed by atoms with Gasteiger partial charge in [-0.25, -0.2) is 9.10 Å². The minimum atomic E-state index is -4.64. The highest BCUT2D eigenvalue weighted by Gasteiger charge is 2.45. The van der Waals surface area contributed by atoms with Crippen LogP contribution in [0.25, 0.3) is 17.0 Å². The molecule has 2 aliphatic rings. The lowest BCUT2D eigenvalue weighted by molar-refractivity contribution is -0.138. The first-order valence-electron chi connectivity index (χ1n) is 11.8. The Morgan fingerprint density at radius 2 is 1.81 bits per heavy atom. The van der Waals surface area contributed by atoms with Crippen molar-refractivity contribution in [2.45, 2.75) is 12.7 Å². The van der Waals surface area contributed by atoms with E-state index in [0.29, 0.717) is 37.4 Å². The van der Waals surface area contributed by atoms with E-state index in [1.807, 2.05) is 0 Å². The molecule has 3 aromatic rings. The average Bonchev–Trinajstić information content (AvgIpc) is 3.53. The number of alkyl halides is 3. The Labute approximate surface area is 244 Å². The van der Waals surface area contributed by atoms with Crippen LogP contribution in [0.1, 0.15) is 16.7 Å². The summed E-state index contributed by atoms with van der Waals surface area (Å²) in [6.07, 6.45) is -3.59. The summed E-state index contributed by atoms with van der Waals surface area (Å²) in [5.41, 5.74) is 0.0179. The molecule has 2 saturated heterocycles. The van der Waals surface area contributed by atoms with Gasteiger partial charge in [0.25, 0.3) is 17.1 Å². The van der Waals surface area contributed by atoms with Gasteiger partial charge in [-0.3, -0.25) is 24.0 Å². The maximum absolute atomic E-state index is 13.5. The van der Waals surface area contributed by atoms with E-state index in [-0.39, 0.29) is 26.3 Å². The zero-order valence-corrected chi connectivity index (χ0v) is 23.3. The number of amides is 4. The summed E-state index contributed by atoms with van der Waals surface area (Å²) in [5.74, 6) is -2.01. The van der Waals surface area contributed by atoms with Crippen molar-refractivity contribution in [3.63, 3.8) is 0 Å². The third-order valence-corrected chi connectivity index (χ3v) is 9.36. The molecule has 4 amide bonds. The highest BCUT2D eigenvalue weighted by Crippen LogP contribution is 2.35. The maximum Gasteiger partial charge on any atom is 0.422 e. The zero-order chi connectivity index (χ0) is 30.6. The predicted molar refractivity (Wildman–Crippen MR) is 143 cm³/mol. The van der Waals surface area contributed by atoms with E-state index in [4.69, 9.17) is 16.7 Å². The van der Waals surface area contributed by atoms with Gasteiger partial charge in [0.05, 0.1) is 41.8 Å². The second-order valence-corrected chi connectivity index (χ2v) is 12.2. The molecule has 2 aromatic carbocycles. The number of carbonyl (C=O) groups excluding carboxylic acids is 3. The van der Waals surface area contributed by atoms with Crippen LogP contribution in [0.3, 0.4) is 0 Å². The molecule has 0 aliphatic carbocycles. The number of imide groups is 1. The van der Waals surface area contributed by atoms with Gasteiger partial charge in [0.1, 0.15) is 6.54 Å². The molecule has 0 radical (unpaired) electrons. The van der Waals surface area contributed by atoms with Crippen LogP contribution in [0, 0.1) is 0 Å². The van der Waals surface area contributed by atoms with E-state index in [1.54, 1.807) is 18.2 Å². The van der Waals surface area contributed by atoms with Gasteiger partial charge in [-0.1, -0.05) is 23.7 Å². The van der Waals surface area contributed by atoms with Gasteiger partial charge in [0.15, 0.2) is 0 Å². The Balaban J connectivity index is 1.33. The molecular weight excluding hydrogens is 627 g/mol. The number of hydrogen-bond donors (Lipinski definition) is 1. The fourth-order valence-electron chi connectivity index (χ4n) is 4.41. The minimum absolute atomic E-state index is 0.0402. The van der Waals surface area contributed by atoms with Crippen molar-refractivity contribution < 1.29 is 45.9 Å². The fraction of sp³-hybridized carbons (Fsp3) is 0.208. The number of benzene rings is 2. The van der Waals surface area contributed by atoms with Gasteiger partial charge in [0, 0.05) is 10.4 Å². The summed E-state index contributed by atoms with van der Waals surface area (Å²) in [6.45, 7) is -2.04. The van der Waals surface area contributed by atoms with Crippen LogP contribution in [0.4, 0.5) is 22.8 Å². The molecule has 2 fully saturated rings. The van der Waals surface area contributed by atoms with E-state index in [0.717, 1.165) is 6.07 Å². The molecule has 2 aliphatic heterocycles. The average molecular weight is 644 g/mol. The maximum atomic E-state index is 13.5. The van der Waals surface area contributed by atoms with Crippen LogP contribution in [0.5, 0.6) is 0 Å². The molecule has 1 aromatic heterocycles. The van der Waals surface area contributed by atoms with Crippen molar-refractivity contribution in [2.75, 3.05) is 19.6 Å². The molecule has 0 saturated carbocycles. The first kappa shape index (κ1) is 29.4. The van der Waals surface area contributed by atoms with Crippen molar-refractivity contribution in [2.24, 2.45) is 0 Å². The number of rotatable bonds is 5. The van der Waals surface area contributed by atoms with E-state index in [9.17, 15) is 40.8 Å². The standard InChI is InChI=1S/C24H17ClF3N5O7S2/c25-16-3-2-14(17(9-16)24(26,27)28)11-31-18-4-1-13(7-15(18)10-29-31)8-19-21(35)30(23(38)41-19)12-20(34)32-5-6-33(22(36)37)42(32,39)40/h1-4,7-10H,5-6,11-12H2,(H,36,37). The Bertz CT molecular complexity index is 1810. The summed E-state index contributed by atoms with van der Waals surface area (Å²) >= 11 is 6.27. The highest BCUT2D eigenvalue weighted by molar-refractivity contribution is 8.18. The quantitative estimate of drug-likeness (QED) is 0.409. The minimum Gasteiger partial charge on any atom is -0.464 e. The van der Waals surface area contributed by atoms with Crippen molar-refractivity contribution in [3.8, 4) is 0 Å². The van der Waals surface area contributed by atoms with Crippen molar-refractivity contribution in [1.82, 2.24) is 23.3 Å². The normalized spacial score (nSPS) is 18.1. The summed E-state index contributed by atoms with van der Waals surface area (Å²) in [7, 11) is -4.64. The van der Waals surface area contributed by atoms with Crippen molar-refractivity contribution in [3.05, 3.63) is 69.2 Å². The molecule has 3 heterocycles. The van der Waals surface area contributed by atoms with Crippen LogP contribution < -0.4 is 0 Å². The summed E-state index contributed by atoms with van der Waals surface area (Å²) in [4.78, 5) is 49.5. The van der Waals surface area contributed by atoms with E-state index in [2.05, 4.69) is 5.10 Å². The van der Waals surface area contributed by atoms with Gasteiger partial charge in [-0.05, 0) is 53.2 Å². The first-order chi connectivity index (χ1) is 19.7. The number of carboxylic acid groups (broad SMARTS) is 1. The number of thioether (sulfide) groups is 1.